The Bertz CT molecular complexity index is 1550. The van der Waals surface area contributed by atoms with Crippen molar-refractivity contribution in [1.29, 1.82) is 0 Å². The molecule has 4 rings (SSSR count). The van der Waals surface area contributed by atoms with Crippen LogP contribution >= 0.6 is 0 Å². The molecule has 0 bridgehead atoms. The largest absolute Gasteiger partial charge is 0.482 e. The van der Waals surface area contributed by atoms with Gasteiger partial charge in [-0.25, -0.2) is 8.78 Å². The minimum Gasteiger partial charge on any atom is -0.482 e. The molecule has 0 saturated heterocycles. The van der Waals surface area contributed by atoms with Gasteiger partial charge in [0.2, 0.25) is 5.43 Å². The van der Waals surface area contributed by atoms with Crippen molar-refractivity contribution in [3.63, 3.8) is 0 Å². The number of aromatic nitrogens is 1. The van der Waals surface area contributed by atoms with Crippen LogP contribution in [-0.4, -0.2) is 40.1 Å². The summed E-state index contributed by atoms with van der Waals surface area (Å²) in [7, 11) is 0. The molecule has 1 aliphatic rings. The lowest BCUT2D eigenvalue weighted by atomic mass is 10.1. The van der Waals surface area contributed by atoms with Gasteiger partial charge in [0.25, 0.3) is 11.8 Å². The van der Waals surface area contributed by atoms with Crippen molar-refractivity contribution in [2.75, 3.05) is 11.7 Å². The quantitative estimate of drug-likeness (QED) is 0.368. The maximum absolute atomic E-state index is 14.2. The van der Waals surface area contributed by atoms with Crippen molar-refractivity contribution in [2.45, 2.75) is 46.0 Å². The number of nitrogens with one attached hydrogen (secondary N) is 1. The van der Waals surface area contributed by atoms with Crippen LogP contribution in [0.5, 0.6) is 5.75 Å². The van der Waals surface area contributed by atoms with E-state index in [-0.39, 0.29) is 54.5 Å². The predicted molar refractivity (Wildman–Crippen MR) is 152 cm³/mol. The van der Waals surface area contributed by atoms with Gasteiger partial charge >= 0.3 is 0 Å². The third-order valence-corrected chi connectivity index (χ3v) is 7.10. The Hall–Kier alpha value is -4.73. The highest BCUT2D eigenvalue weighted by Gasteiger charge is 2.38. The number of hydrogen-bond acceptors (Lipinski definition) is 5. The molecule has 2 heterocycles. The van der Waals surface area contributed by atoms with Crippen LogP contribution in [0.4, 0.5) is 8.78 Å². The molecular formula is C31H32F2N4O4. The van der Waals surface area contributed by atoms with Gasteiger partial charge in [0.15, 0.2) is 11.4 Å². The molecule has 214 valence electrons. The number of hydrogen-bond donors (Lipinski definition) is 1. The Kier molecular flexibility index (Phi) is 8.71. The number of amides is 2. The van der Waals surface area contributed by atoms with E-state index >= 15 is 0 Å². The lowest BCUT2D eigenvalue weighted by molar-refractivity contribution is 0.0640. The smallest absolute Gasteiger partial charge is 0.278 e. The summed E-state index contributed by atoms with van der Waals surface area (Å²) in [5.41, 5.74) is 0.420. The van der Waals surface area contributed by atoms with Crippen LogP contribution in [0.3, 0.4) is 0 Å². The maximum atomic E-state index is 14.2. The van der Waals surface area contributed by atoms with Crippen LogP contribution in [0.1, 0.15) is 52.7 Å². The molecule has 1 aromatic heterocycles. The van der Waals surface area contributed by atoms with Crippen LogP contribution in [0.25, 0.3) is 0 Å². The highest BCUT2D eigenvalue weighted by atomic mass is 19.1. The van der Waals surface area contributed by atoms with E-state index in [9.17, 15) is 23.2 Å². The molecule has 0 fully saturated rings. The maximum Gasteiger partial charge on any atom is 0.278 e. The fourth-order valence-electron chi connectivity index (χ4n) is 4.37. The highest BCUT2D eigenvalue weighted by molar-refractivity contribution is 5.99. The van der Waals surface area contributed by atoms with Gasteiger partial charge in [0.1, 0.15) is 30.5 Å². The summed E-state index contributed by atoms with van der Waals surface area (Å²) in [5.74, 6) is -3.15. The van der Waals surface area contributed by atoms with Gasteiger partial charge in [-0.05, 0) is 32.4 Å². The zero-order valence-corrected chi connectivity index (χ0v) is 23.2. The number of carbonyl (C=O) groups excluding carboxylic acids is 2. The van der Waals surface area contributed by atoms with Gasteiger partial charge < -0.3 is 15.0 Å². The molecule has 2 amide bonds. The zero-order valence-electron chi connectivity index (χ0n) is 23.2. The molecular weight excluding hydrogens is 530 g/mol. The Balaban J connectivity index is 1.83. The fourth-order valence-corrected chi connectivity index (χ4v) is 4.37. The molecule has 1 N–H and O–H groups in total. The minimum absolute atomic E-state index is 0.0325. The second-order valence-corrected chi connectivity index (χ2v) is 9.94. The summed E-state index contributed by atoms with van der Waals surface area (Å²) in [4.78, 5) is 42.5. The standard InChI is InChI=1S/C31H32F2N4O4/c1-6-20(4)35-18-37(21(5)19(2)3)36-16-25(30(39)34-15-23-12-13-24(32)14-26(23)33)28(38)29(27(36)31(35)40)41-17-22-10-8-7-9-11-22/h6-14,16,20-21H,1-2,15,17-18H2,3-5H3,(H,34,39)/t20-,21?/m0/s1. The van der Waals surface area contributed by atoms with E-state index in [4.69, 9.17) is 4.74 Å². The summed E-state index contributed by atoms with van der Waals surface area (Å²) in [6.45, 7) is 13.2. The van der Waals surface area contributed by atoms with E-state index in [0.29, 0.717) is 6.07 Å². The monoisotopic (exact) mass is 562 g/mol. The molecule has 3 aromatic rings. The molecule has 2 atom stereocenters. The van der Waals surface area contributed by atoms with Gasteiger partial charge in [0.05, 0.1) is 6.04 Å². The second kappa shape index (κ2) is 12.2. The minimum atomic E-state index is -0.831. The molecule has 10 heteroatoms. The molecule has 1 aliphatic heterocycles. The van der Waals surface area contributed by atoms with Crippen LogP contribution in [0.15, 0.2) is 84.3 Å². The Morgan fingerprint density at radius 2 is 1.85 bits per heavy atom. The number of pyridine rings is 1. The second-order valence-electron chi connectivity index (χ2n) is 9.94. The first kappa shape index (κ1) is 29.3. The van der Waals surface area contributed by atoms with Gasteiger partial charge in [0, 0.05) is 30.4 Å². The molecule has 1 unspecified atom stereocenters. The fraction of sp³-hybridized carbons (Fsp3) is 0.258. The number of fused-ring (bicyclic) bond motifs is 1. The molecule has 41 heavy (non-hydrogen) atoms. The predicted octanol–water partition coefficient (Wildman–Crippen LogP) is 4.53. The zero-order chi connectivity index (χ0) is 29.8. The first-order chi connectivity index (χ1) is 19.5. The summed E-state index contributed by atoms with van der Waals surface area (Å²) in [6.07, 6.45) is 2.91. The highest BCUT2D eigenvalue weighted by Crippen LogP contribution is 2.27. The van der Waals surface area contributed by atoms with Crippen LogP contribution in [-0.2, 0) is 13.2 Å². The average molecular weight is 563 g/mol. The van der Waals surface area contributed by atoms with Crippen LogP contribution < -0.4 is 20.5 Å². The first-order valence-electron chi connectivity index (χ1n) is 13.1. The van der Waals surface area contributed by atoms with Crippen LogP contribution in [0, 0.1) is 11.6 Å². The van der Waals surface area contributed by atoms with E-state index < -0.39 is 28.9 Å². The van der Waals surface area contributed by atoms with E-state index in [2.05, 4.69) is 18.5 Å². The molecule has 0 aliphatic carbocycles. The van der Waals surface area contributed by atoms with Gasteiger partial charge in [-0.15, -0.1) is 6.58 Å². The third-order valence-electron chi connectivity index (χ3n) is 7.10. The number of benzene rings is 2. The lowest BCUT2D eigenvalue weighted by Crippen LogP contribution is -2.59. The number of halogens is 2. The number of nitrogens with zero attached hydrogens (tertiary/aromatic N) is 3. The van der Waals surface area contributed by atoms with Crippen molar-refractivity contribution < 1.29 is 23.1 Å². The summed E-state index contributed by atoms with van der Waals surface area (Å²) < 4.78 is 35.0. The topological polar surface area (TPSA) is 83.9 Å². The van der Waals surface area contributed by atoms with E-state index in [1.807, 2.05) is 39.0 Å². The van der Waals surface area contributed by atoms with E-state index in [0.717, 1.165) is 17.2 Å². The van der Waals surface area contributed by atoms with E-state index in [1.54, 1.807) is 28.1 Å². The van der Waals surface area contributed by atoms with Crippen molar-refractivity contribution in [1.82, 2.24) is 14.9 Å². The number of ether oxygens (including phenoxy) is 1. The van der Waals surface area contributed by atoms with Crippen molar-refractivity contribution in [3.8, 4) is 5.75 Å². The van der Waals surface area contributed by atoms with Gasteiger partial charge in [-0.2, -0.15) is 0 Å². The number of carbonyl (C=O) groups is 2. The summed E-state index contributed by atoms with van der Waals surface area (Å²) in [5, 5.41) is 4.32. The van der Waals surface area contributed by atoms with Crippen LogP contribution in [0.2, 0.25) is 0 Å². The number of rotatable bonds is 10. The summed E-state index contributed by atoms with van der Waals surface area (Å²) >= 11 is 0. The van der Waals surface area contributed by atoms with Crippen molar-refractivity contribution >= 4 is 11.8 Å². The SMILES string of the molecule is C=C[C@H](C)N1CN(C(C)C(=C)C)n2cc(C(=O)NCc3ccc(F)cc3F)c(=O)c(OCc3ccccc3)c2C1=O. The molecule has 2 aromatic carbocycles. The van der Waals surface area contributed by atoms with E-state index in [1.165, 1.54) is 16.9 Å². The molecule has 0 spiro atoms. The Morgan fingerprint density at radius 1 is 1.15 bits per heavy atom. The van der Waals surface area contributed by atoms with Crippen molar-refractivity contribution in [3.05, 3.63) is 124 Å². The van der Waals surface area contributed by atoms with Gasteiger partial charge in [-0.1, -0.05) is 54.6 Å². The normalized spacial score (nSPS) is 14.2. The average Bonchev–Trinajstić information content (AvgIpc) is 2.95. The molecule has 0 saturated carbocycles. The third kappa shape index (κ3) is 6.06. The molecule has 8 nitrogen and oxygen atoms in total. The lowest BCUT2D eigenvalue weighted by Gasteiger charge is -2.44. The van der Waals surface area contributed by atoms with Gasteiger partial charge in [-0.3, -0.25) is 24.1 Å². The molecule has 0 radical (unpaired) electrons. The Labute approximate surface area is 237 Å². The summed E-state index contributed by atoms with van der Waals surface area (Å²) in [6, 6.07) is 11.4. The van der Waals surface area contributed by atoms with Crippen molar-refractivity contribution in [2.24, 2.45) is 0 Å². The Morgan fingerprint density at radius 3 is 2.49 bits per heavy atom. The first-order valence-corrected chi connectivity index (χ1v) is 13.1.